The third-order valence-electron chi connectivity index (χ3n) is 3.79. The van der Waals surface area contributed by atoms with Crippen LogP contribution in [0.25, 0.3) is 0 Å². The summed E-state index contributed by atoms with van der Waals surface area (Å²) in [5.74, 6) is 0.154. The molecule has 2 rings (SSSR count). The molecule has 1 aliphatic carbocycles. The Balaban J connectivity index is 2.13. The van der Waals surface area contributed by atoms with E-state index in [0.29, 0.717) is 6.42 Å². The fraction of sp³-hybridized carbons (Fsp3) is 0.600. The Morgan fingerprint density at radius 3 is 2.84 bits per heavy atom. The van der Waals surface area contributed by atoms with Gasteiger partial charge in [0.05, 0.1) is 21.8 Å². The number of aromatic nitrogens is 1. The summed E-state index contributed by atoms with van der Waals surface area (Å²) < 4.78 is 12.5. The van der Waals surface area contributed by atoms with Crippen LogP contribution in [0.1, 0.15) is 56.9 Å². The van der Waals surface area contributed by atoms with Crippen molar-refractivity contribution in [1.29, 1.82) is 5.26 Å². The average Bonchev–Trinajstić information content (AvgIpc) is 2.48. The van der Waals surface area contributed by atoms with Crippen molar-refractivity contribution in [2.45, 2.75) is 61.5 Å². The fourth-order valence-electron chi connectivity index (χ4n) is 2.54. The van der Waals surface area contributed by atoms with Gasteiger partial charge in [-0.1, -0.05) is 26.2 Å². The maximum absolute atomic E-state index is 12.5. The number of pyridine rings is 1. The van der Waals surface area contributed by atoms with E-state index in [4.69, 9.17) is 5.26 Å². The van der Waals surface area contributed by atoms with Gasteiger partial charge >= 0.3 is 0 Å². The quantitative estimate of drug-likeness (QED) is 0.845. The SMILES string of the molecule is CC(CC#N)c1cncc(S(=O)C2CCCCC2)c1. The molecule has 1 saturated carbocycles. The molecule has 1 aliphatic rings. The molecule has 1 fully saturated rings. The maximum atomic E-state index is 12.5. The summed E-state index contributed by atoms with van der Waals surface area (Å²) in [5.41, 5.74) is 1.02. The van der Waals surface area contributed by atoms with Crippen molar-refractivity contribution in [2.24, 2.45) is 0 Å². The molecule has 0 N–H and O–H groups in total. The standard InChI is InChI=1S/C15H20N2OS/c1-12(7-8-16)13-9-15(11-17-10-13)19(18)14-5-3-2-4-6-14/h9-12,14H,2-7H2,1H3. The highest BCUT2D eigenvalue weighted by molar-refractivity contribution is 7.85. The van der Waals surface area contributed by atoms with Crippen molar-refractivity contribution in [3.63, 3.8) is 0 Å². The monoisotopic (exact) mass is 276 g/mol. The van der Waals surface area contributed by atoms with Crippen LogP contribution >= 0.6 is 0 Å². The predicted molar refractivity (Wildman–Crippen MR) is 76.2 cm³/mol. The zero-order valence-corrected chi connectivity index (χ0v) is 12.2. The molecule has 2 unspecified atom stereocenters. The summed E-state index contributed by atoms with van der Waals surface area (Å²) in [4.78, 5) is 5.03. The minimum atomic E-state index is -0.946. The van der Waals surface area contributed by atoms with Crippen molar-refractivity contribution in [3.05, 3.63) is 24.0 Å². The molecule has 4 heteroatoms. The lowest BCUT2D eigenvalue weighted by Gasteiger charge is -2.21. The topological polar surface area (TPSA) is 53.8 Å². The van der Waals surface area contributed by atoms with Gasteiger partial charge in [-0.2, -0.15) is 5.26 Å². The number of nitrogens with zero attached hydrogens (tertiary/aromatic N) is 2. The first-order valence-corrected chi connectivity index (χ1v) is 8.16. The molecular weight excluding hydrogens is 256 g/mol. The molecule has 0 amide bonds. The van der Waals surface area contributed by atoms with E-state index in [2.05, 4.69) is 11.1 Å². The van der Waals surface area contributed by atoms with Gasteiger partial charge in [0.25, 0.3) is 0 Å². The largest absolute Gasteiger partial charge is 0.263 e. The summed E-state index contributed by atoms with van der Waals surface area (Å²) in [5, 5.41) is 9.04. The van der Waals surface area contributed by atoms with Gasteiger partial charge in [-0.25, -0.2) is 0 Å². The van der Waals surface area contributed by atoms with Crippen LogP contribution in [0.15, 0.2) is 23.4 Å². The van der Waals surface area contributed by atoms with E-state index in [1.54, 1.807) is 12.4 Å². The van der Waals surface area contributed by atoms with Crippen LogP contribution < -0.4 is 0 Å². The first-order valence-electron chi connectivity index (χ1n) is 6.95. The third kappa shape index (κ3) is 3.63. The van der Waals surface area contributed by atoms with Gasteiger partial charge in [0.2, 0.25) is 0 Å². The van der Waals surface area contributed by atoms with E-state index >= 15 is 0 Å². The molecule has 2 atom stereocenters. The number of hydrogen-bond donors (Lipinski definition) is 0. The summed E-state index contributed by atoms with van der Waals surface area (Å²) in [6.45, 7) is 2.01. The zero-order chi connectivity index (χ0) is 13.7. The second-order valence-electron chi connectivity index (χ2n) is 5.27. The van der Waals surface area contributed by atoms with Gasteiger partial charge in [-0.15, -0.1) is 0 Å². The van der Waals surface area contributed by atoms with Crippen molar-refractivity contribution >= 4 is 10.8 Å². The lowest BCUT2D eigenvalue weighted by atomic mass is 10.0. The normalized spacial score (nSPS) is 19.6. The van der Waals surface area contributed by atoms with Crippen LogP contribution in [-0.2, 0) is 10.8 Å². The lowest BCUT2D eigenvalue weighted by Crippen LogP contribution is -2.19. The first-order chi connectivity index (χ1) is 9.22. The van der Waals surface area contributed by atoms with Crippen LogP contribution in [0.2, 0.25) is 0 Å². The van der Waals surface area contributed by atoms with Gasteiger partial charge in [0.1, 0.15) is 0 Å². The van der Waals surface area contributed by atoms with Gasteiger partial charge in [0.15, 0.2) is 0 Å². The highest BCUT2D eigenvalue weighted by Crippen LogP contribution is 2.27. The van der Waals surface area contributed by atoms with Gasteiger partial charge < -0.3 is 0 Å². The zero-order valence-electron chi connectivity index (χ0n) is 11.3. The number of nitriles is 1. The Morgan fingerprint density at radius 2 is 2.16 bits per heavy atom. The number of rotatable bonds is 4. The maximum Gasteiger partial charge on any atom is 0.0628 e. The first kappa shape index (κ1) is 14.2. The van der Waals surface area contributed by atoms with Gasteiger partial charge in [-0.05, 0) is 30.4 Å². The van der Waals surface area contributed by atoms with E-state index in [1.807, 2.05) is 13.0 Å². The Kier molecular flexibility index (Phi) is 5.09. The van der Waals surface area contributed by atoms with Crippen LogP contribution in [0, 0.1) is 11.3 Å². The third-order valence-corrected chi connectivity index (χ3v) is 5.55. The molecule has 0 saturated heterocycles. The van der Waals surface area contributed by atoms with Crippen LogP contribution in [0.4, 0.5) is 0 Å². The van der Waals surface area contributed by atoms with Crippen molar-refractivity contribution in [2.75, 3.05) is 0 Å². The Hall–Kier alpha value is -1.21. The smallest absolute Gasteiger partial charge is 0.0628 e. The average molecular weight is 276 g/mol. The van der Waals surface area contributed by atoms with E-state index in [0.717, 1.165) is 23.3 Å². The lowest BCUT2D eigenvalue weighted by molar-refractivity contribution is 0.504. The van der Waals surface area contributed by atoms with Crippen LogP contribution in [-0.4, -0.2) is 14.4 Å². The Labute approximate surface area is 117 Å². The molecule has 19 heavy (non-hydrogen) atoms. The Bertz CT molecular complexity index is 489. The minimum absolute atomic E-state index is 0.154. The minimum Gasteiger partial charge on any atom is -0.263 e. The molecular formula is C15H20N2OS. The number of hydrogen-bond acceptors (Lipinski definition) is 3. The summed E-state index contributed by atoms with van der Waals surface area (Å²) in [7, 11) is -0.946. The van der Waals surface area contributed by atoms with Gasteiger partial charge in [-0.3, -0.25) is 9.19 Å². The molecule has 0 bridgehead atoms. The van der Waals surface area contributed by atoms with Crippen LogP contribution in [0.3, 0.4) is 0 Å². The molecule has 3 nitrogen and oxygen atoms in total. The molecule has 1 aromatic heterocycles. The summed E-state index contributed by atoms with van der Waals surface area (Å²) >= 11 is 0. The van der Waals surface area contributed by atoms with E-state index < -0.39 is 10.8 Å². The second-order valence-corrected chi connectivity index (χ2v) is 7.01. The van der Waals surface area contributed by atoms with Crippen molar-refractivity contribution in [3.8, 4) is 6.07 Å². The van der Waals surface area contributed by atoms with E-state index in [1.165, 1.54) is 19.3 Å². The molecule has 0 radical (unpaired) electrons. The van der Waals surface area contributed by atoms with E-state index in [9.17, 15) is 4.21 Å². The van der Waals surface area contributed by atoms with Gasteiger partial charge in [0, 0.05) is 24.1 Å². The molecule has 1 heterocycles. The molecule has 0 aliphatic heterocycles. The molecule has 1 aromatic rings. The van der Waals surface area contributed by atoms with Crippen molar-refractivity contribution in [1.82, 2.24) is 4.98 Å². The predicted octanol–water partition coefficient (Wildman–Crippen LogP) is 3.54. The van der Waals surface area contributed by atoms with Crippen molar-refractivity contribution < 1.29 is 4.21 Å². The van der Waals surface area contributed by atoms with Crippen LogP contribution in [0.5, 0.6) is 0 Å². The Morgan fingerprint density at radius 1 is 1.42 bits per heavy atom. The fourth-order valence-corrected chi connectivity index (χ4v) is 4.10. The highest BCUT2D eigenvalue weighted by Gasteiger charge is 2.21. The summed E-state index contributed by atoms with van der Waals surface area (Å²) in [6.07, 6.45) is 9.74. The van der Waals surface area contributed by atoms with E-state index in [-0.39, 0.29) is 11.2 Å². The molecule has 102 valence electrons. The second kappa shape index (κ2) is 6.81. The summed E-state index contributed by atoms with van der Waals surface area (Å²) in [6, 6.07) is 4.15. The molecule has 0 aromatic carbocycles. The molecule has 0 spiro atoms. The highest BCUT2D eigenvalue weighted by atomic mass is 32.2.